The molecule has 6 nitrogen and oxygen atoms in total. The molecule has 2 heterocycles. The lowest BCUT2D eigenvalue weighted by molar-refractivity contribution is 0.0169. The fraction of sp³-hybridized carbons (Fsp3) is 0.667. The van der Waals surface area contributed by atoms with Crippen molar-refractivity contribution >= 4 is 17.5 Å². The number of benzene rings is 1. The summed E-state index contributed by atoms with van der Waals surface area (Å²) in [5.41, 5.74) is 7.44. The zero-order valence-corrected chi connectivity index (χ0v) is 17.0. The topological polar surface area (TPSA) is 62.0 Å². The van der Waals surface area contributed by atoms with Crippen LogP contribution < -0.4 is 10.6 Å². The molecular weight excluding hydrogens is 340 g/mol. The maximum absolute atomic E-state index is 12.2. The normalized spacial score (nSPS) is 20.0. The van der Waals surface area contributed by atoms with Crippen LogP contribution in [-0.2, 0) is 4.74 Å². The number of carbonyl (C=O) groups is 1. The molecule has 2 fully saturated rings. The van der Waals surface area contributed by atoms with Crippen molar-refractivity contribution in [2.24, 2.45) is 5.92 Å². The Morgan fingerprint density at radius 1 is 1.04 bits per heavy atom. The highest BCUT2D eigenvalue weighted by Gasteiger charge is 2.28. The Kier molecular flexibility index (Phi) is 6.15. The zero-order chi connectivity index (χ0) is 19.4. The Morgan fingerprint density at radius 3 is 2.19 bits per heavy atom. The van der Waals surface area contributed by atoms with E-state index in [4.69, 9.17) is 10.5 Å². The van der Waals surface area contributed by atoms with E-state index in [1.54, 1.807) is 0 Å². The van der Waals surface area contributed by atoms with Crippen LogP contribution in [0.3, 0.4) is 0 Å². The number of rotatable bonds is 3. The number of anilines is 2. The van der Waals surface area contributed by atoms with Gasteiger partial charge in [0.15, 0.2) is 0 Å². The van der Waals surface area contributed by atoms with Gasteiger partial charge in [0.05, 0.1) is 0 Å². The van der Waals surface area contributed by atoms with Crippen LogP contribution in [0, 0.1) is 5.92 Å². The highest BCUT2D eigenvalue weighted by atomic mass is 16.6. The molecule has 1 aromatic carbocycles. The number of nitrogen functional groups attached to an aromatic ring is 1. The van der Waals surface area contributed by atoms with Crippen molar-refractivity contribution in [1.29, 1.82) is 0 Å². The van der Waals surface area contributed by atoms with E-state index in [2.05, 4.69) is 21.9 Å². The van der Waals surface area contributed by atoms with Gasteiger partial charge in [-0.1, -0.05) is 0 Å². The minimum Gasteiger partial charge on any atom is -0.444 e. The van der Waals surface area contributed by atoms with Gasteiger partial charge in [-0.15, -0.1) is 0 Å². The summed E-state index contributed by atoms with van der Waals surface area (Å²) >= 11 is 0. The molecule has 0 unspecified atom stereocenters. The molecule has 6 heteroatoms. The lowest BCUT2D eigenvalue weighted by atomic mass is 9.96. The summed E-state index contributed by atoms with van der Waals surface area (Å²) < 4.78 is 5.49. The summed E-state index contributed by atoms with van der Waals surface area (Å²) in [6.45, 7) is 12.8. The highest BCUT2D eigenvalue weighted by Crippen LogP contribution is 2.23. The maximum Gasteiger partial charge on any atom is 0.410 e. The Balaban J connectivity index is 1.39. The first kappa shape index (κ1) is 19.8. The first-order valence-electron chi connectivity index (χ1n) is 10.1. The van der Waals surface area contributed by atoms with Gasteiger partial charge in [-0.05, 0) is 63.8 Å². The van der Waals surface area contributed by atoms with E-state index < -0.39 is 5.60 Å². The predicted molar refractivity (Wildman–Crippen MR) is 110 cm³/mol. The van der Waals surface area contributed by atoms with Gasteiger partial charge >= 0.3 is 6.09 Å². The van der Waals surface area contributed by atoms with Gasteiger partial charge in [-0.2, -0.15) is 0 Å². The van der Waals surface area contributed by atoms with Gasteiger partial charge in [0.1, 0.15) is 5.60 Å². The molecule has 27 heavy (non-hydrogen) atoms. The molecule has 0 saturated carbocycles. The van der Waals surface area contributed by atoms with Crippen molar-refractivity contribution in [3.05, 3.63) is 24.3 Å². The fourth-order valence-corrected chi connectivity index (χ4v) is 3.86. The number of piperazine rings is 1. The number of ether oxygens (including phenoxy) is 1. The molecule has 1 aromatic rings. The van der Waals surface area contributed by atoms with Crippen molar-refractivity contribution in [1.82, 2.24) is 9.80 Å². The summed E-state index contributed by atoms with van der Waals surface area (Å²) in [4.78, 5) is 19.0. The van der Waals surface area contributed by atoms with Crippen molar-refractivity contribution in [2.45, 2.75) is 39.2 Å². The SMILES string of the molecule is CC(C)(C)OC(=O)N1CCC(CN2CCN(c3ccc(N)cc3)CC2)CC1. The minimum absolute atomic E-state index is 0.168. The molecule has 150 valence electrons. The molecule has 1 amide bonds. The predicted octanol–water partition coefficient (Wildman–Crippen LogP) is 3.04. The molecule has 0 bridgehead atoms. The summed E-state index contributed by atoms with van der Waals surface area (Å²) in [5, 5.41) is 0. The van der Waals surface area contributed by atoms with E-state index in [1.807, 2.05) is 37.8 Å². The summed E-state index contributed by atoms with van der Waals surface area (Å²) in [5.74, 6) is 0.673. The van der Waals surface area contributed by atoms with Crippen LogP contribution in [0.15, 0.2) is 24.3 Å². The maximum atomic E-state index is 12.2. The van der Waals surface area contributed by atoms with Crippen LogP contribution in [0.5, 0.6) is 0 Å². The molecule has 0 spiro atoms. The van der Waals surface area contributed by atoms with E-state index >= 15 is 0 Å². The van der Waals surface area contributed by atoms with E-state index in [9.17, 15) is 4.79 Å². The number of carbonyl (C=O) groups excluding carboxylic acids is 1. The van der Waals surface area contributed by atoms with Crippen LogP contribution in [0.4, 0.5) is 16.2 Å². The Labute approximate surface area is 163 Å². The lowest BCUT2D eigenvalue weighted by Crippen LogP contribution is -2.49. The molecular formula is C21H34N4O2. The van der Waals surface area contributed by atoms with E-state index in [0.29, 0.717) is 5.92 Å². The number of hydrogen-bond acceptors (Lipinski definition) is 5. The molecule has 2 aliphatic rings. The first-order valence-corrected chi connectivity index (χ1v) is 10.1. The third-order valence-electron chi connectivity index (χ3n) is 5.41. The molecule has 2 saturated heterocycles. The van der Waals surface area contributed by atoms with Crippen molar-refractivity contribution in [3.63, 3.8) is 0 Å². The fourth-order valence-electron chi connectivity index (χ4n) is 3.86. The van der Waals surface area contributed by atoms with Crippen LogP contribution in [0.2, 0.25) is 0 Å². The van der Waals surface area contributed by atoms with Gasteiger partial charge in [-0.3, -0.25) is 4.90 Å². The Morgan fingerprint density at radius 2 is 1.63 bits per heavy atom. The van der Waals surface area contributed by atoms with Gasteiger partial charge in [0.25, 0.3) is 0 Å². The van der Waals surface area contributed by atoms with Crippen LogP contribution >= 0.6 is 0 Å². The minimum atomic E-state index is -0.419. The number of piperidine rings is 1. The zero-order valence-electron chi connectivity index (χ0n) is 17.0. The molecule has 0 aromatic heterocycles. The summed E-state index contributed by atoms with van der Waals surface area (Å²) in [6, 6.07) is 8.16. The van der Waals surface area contributed by atoms with Gasteiger partial charge in [-0.25, -0.2) is 4.79 Å². The second kappa shape index (κ2) is 8.38. The Bertz CT molecular complexity index is 610. The Hall–Kier alpha value is -1.95. The van der Waals surface area contributed by atoms with Crippen LogP contribution in [-0.4, -0.2) is 67.3 Å². The number of nitrogens with two attached hydrogens (primary N) is 1. The van der Waals surface area contributed by atoms with Gasteiger partial charge < -0.3 is 20.3 Å². The third-order valence-corrected chi connectivity index (χ3v) is 5.41. The third kappa shape index (κ3) is 5.76. The van der Waals surface area contributed by atoms with E-state index in [-0.39, 0.29) is 6.09 Å². The lowest BCUT2D eigenvalue weighted by Gasteiger charge is -2.39. The average molecular weight is 375 g/mol. The van der Waals surface area contributed by atoms with E-state index in [0.717, 1.165) is 64.3 Å². The first-order chi connectivity index (χ1) is 12.8. The van der Waals surface area contributed by atoms with Crippen molar-refractivity contribution in [2.75, 3.05) is 56.4 Å². The smallest absolute Gasteiger partial charge is 0.410 e. The number of likely N-dealkylation sites (tertiary alicyclic amines) is 1. The second-order valence-electron chi connectivity index (χ2n) is 8.79. The standard InChI is InChI=1S/C21H34N4O2/c1-21(2,3)27-20(26)25-10-8-17(9-11-25)16-23-12-14-24(15-13-23)19-6-4-18(22)5-7-19/h4-7,17H,8-16,22H2,1-3H3. The number of hydrogen-bond donors (Lipinski definition) is 1. The summed E-state index contributed by atoms with van der Waals surface area (Å²) in [7, 11) is 0. The van der Waals surface area contributed by atoms with Crippen molar-refractivity contribution in [3.8, 4) is 0 Å². The summed E-state index contributed by atoms with van der Waals surface area (Å²) in [6.07, 6.45) is 1.97. The molecule has 3 rings (SSSR count). The monoisotopic (exact) mass is 374 g/mol. The number of nitrogens with zero attached hydrogens (tertiary/aromatic N) is 3. The van der Waals surface area contributed by atoms with Gasteiger partial charge in [0, 0.05) is 57.2 Å². The highest BCUT2D eigenvalue weighted by molar-refractivity contribution is 5.68. The molecule has 0 aliphatic carbocycles. The van der Waals surface area contributed by atoms with Gasteiger partial charge in [0.2, 0.25) is 0 Å². The van der Waals surface area contributed by atoms with Crippen LogP contribution in [0.1, 0.15) is 33.6 Å². The van der Waals surface area contributed by atoms with E-state index in [1.165, 1.54) is 5.69 Å². The molecule has 0 atom stereocenters. The quantitative estimate of drug-likeness (QED) is 0.824. The number of amides is 1. The largest absolute Gasteiger partial charge is 0.444 e. The average Bonchev–Trinajstić information content (AvgIpc) is 2.62. The second-order valence-corrected chi connectivity index (χ2v) is 8.79. The molecule has 2 N–H and O–H groups in total. The van der Waals surface area contributed by atoms with Crippen molar-refractivity contribution < 1.29 is 9.53 Å². The molecule has 2 aliphatic heterocycles. The van der Waals surface area contributed by atoms with Crippen LogP contribution in [0.25, 0.3) is 0 Å². The molecule has 0 radical (unpaired) electrons.